The summed E-state index contributed by atoms with van der Waals surface area (Å²) in [5, 5.41) is 1.95. The molecular formula is C29H26N4O3. The van der Waals surface area contributed by atoms with Crippen molar-refractivity contribution in [2.24, 2.45) is 9.98 Å². The first kappa shape index (κ1) is 22.0. The zero-order valence-electron chi connectivity index (χ0n) is 20.3. The predicted molar refractivity (Wildman–Crippen MR) is 142 cm³/mol. The van der Waals surface area contributed by atoms with Gasteiger partial charge in [0.15, 0.2) is 11.5 Å². The smallest absolute Gasteiger partial charge is 0.164 e. The summed E-state index contributed by atoms with van der Waals surface area (Å²) in [5.74, 6) is 1.91. The maximum atomic E-state index is 5.82. The van der Waals surface area contributed by atoms with Crippen molar-refractivity contribution < 1.29 is 14.2 Å². The van der Waals surface area contributed by atoms with E-state index in [-0.39, 0.29) is 0 Å². The number of H-pyrrole nitrogens is 2. The SMILES string of the molecule is COc1cc(OC)c(C23C=CC(=N2)C=c2ccc([nH]2)=CC2=NC(=Cc4ccc([nH]4)C3)C=C2)cc1OC. The van der Waals surface area contributed by atoms with Crippen molar-refractivity contribution in [2.45, 2.75) is 12.0 Å². The lowest BCUT2D eigenvalue weighted by molar-refractivity contribution is 0.344. The molecule has 1 unspecified atom stereocenters. The molecule has 7 heteroatoms. The molecule has 8 bridgehead atoms. The number of aliphatic imine (C=N–C) groups is 2. The van der Waals surface area contributed by atoms with E-state index in [1.807, 2.05) is 54.6 Å². The molecule has 7 nitrogen and oxygen atoms in total. The van der Waals surface area contributed by atoms with E-state index in [9.17, 15) is 0 Å². The molecule has 1 aromatic carbocycles. The number of hydrogen-bond donors (Lipinski definition) is 2. The number of rotatable bonds is 4. The van der Waals surface area contributed by atoms with Crippen molar-refractivity contribution in [3.8, 4) is 17.2 Å². The quantitative estimate of drug-likeness (QED) is 0.603. The van der Waals surface area contributed by atoms with Gasteiger partial charge in [0.05, 0.1) is 38.4 Å². The van der Waals surface area contributed by atoms with E-state index in [0.717, 1.165) is 44.8 Å². The third-order valence-corrected chi connectivity index (χ3v) is 6.58. The molecule has 0 saturated carbocycles. The molecule has 5 heterocycles. The lowest BCUT2D eigenvalue weighted by Crippen LogP contribution is -2.24. The topological polar surface area (TPSA) is 84.0 Å². The molecule has 0 saturated heterocycles. The van der Waals surface area contributed by atoms with Crippen LogP contribution in [0.1, 0.15) is 17.0 Å². The zero-order chi connectivity index (χ0) is 24.7. The van der Waals surface area contributed by atoms with Crippen LogP contribution in [0.4, 0.5) is 0 Å². The van der Waals surface area contributed by atoms with Crippen LogP contribution in [0.2, 0.25) is 0 Å². The van der Waals surface area contributed by atoms with Crippen molar-refractivity contribution in [2.75, 3.05) is 21.3 Å². The maximum absolute atomic E-state index is 5.82. The number of aromatic nitrogens is 2. The van der Waals surface area contributed by atoms with Crippen LogP contribution >= 0.6 is 0 Å². The molecule has 0 amide bonds. The third kappa shape index (κ3) is 3.88. The van der Waals surface area contributed by atoms with Crippen molar-refractivity contribution in [1.82, 2.24) is 9.97 Å². The van der Waals surface area contributed by atoms with Crippen LogP contribution in [-0.2, 0) is 12.0 Å². The second-order valence-electron chi connectivity index (χ2n) is 8.91. The van der Waals surface area contributed by atoms with Crippen LogP contribution in [0.3, 0.4) is 0 Å². The van der Waals surface area contributed by atoms with Gasteiger partial charge in [-0.05, 0) is 72.9 Å². The van der Waals surface area contributed by atoms with Crippen molar-refractivity contribution in [3.05, 3.63) is 94.0 Å². The number of ether oxygens (including phenoxy) is 3. The van der Waals surface area contributed by atoms with Gasteiger partial charge in [-0.15, -0.1) is 0 Å². The number of fused-ring (bicyclic) bond motifs is 6. The molecule has 36 heavy (non-hydrogen) atoms. The summed E-state index contributed by atoms with van der Waals surface area (Å²) in [6.45, 7) is 0. The van der Waals surface area contributed by atoms with Gasteiger partial charge in [-0.3, -0.25) is 4.99 Å². The molecular weight excluding hydrogens is 452 g/mol. The normalized spacial score (nSPS) is 19.7. The Morgan fingerprint density at radius 1 is 0.750 bits per heavy atom. The van der Waals surface area contributed by atoms with Gasteiger partial charge in [0, 0.05) is 40.1 Å². The first-order valence-electron chi connectivity index (χ1n) is 11.7. The molecule has 1 atom stereocenters. The van der Waals surface area contributed by atoms with E-state index in [2.05, 4.69) is 34.3 Å². The minimum atomic E-state index is -0.705. The summed E-state index contributed by atoms with van der Waals surface area (Å²) in [5.41, 5.74) is 4.88. The molecule has 0 fully saturated rings. The minimum absolute atomic E-state index is 0.601. The largest absolute Gasteiger partial charge is 0.496 e. The number of hydrogen-bond acceptors (Lipinski definition) is 5. The van der Waals surface area contributed by atoms with Gasteiger partial charge in [0.25, 0.3) is 0 Å². The summed E-state index contributed by atoms with van der Waals surface area (Å²) in [6, 6.07) is 12.1. The van der Waals surface area contributed by atoms with E-state index in [1.54, 1.807) is 21.3 Å². The van der Waals surface area contributed by atoms with Crippen LogP contribution < -0.4 is 24.9 Å². The van der Waals surface area contributed by atoms with Crippen LogP contribution in [-0.4, -0.2) is 42.7 Å². The van der Waals surface area contributed by atoms with E-state index < -0.39 is 5.54 Å². The average molecular weight is 479 g/mol. The molecule has 2 N–H and O–H groups in total. The van der Waals surface area contributed by atoms with E-state index in [4.69, 9.17) is 24.2 Å². The standard InChI is InChI=1S/C29H26N4O3/c1-34-26-16-28(36-3)27(35-2)15-25(26)29-11-10-23(33-29)14-22-7-6-19(31-22)12-18-4-5-20(30-18)13-21-8-9-24(17-29)32-21/h4-16,31-32H,17H2,1-3H3. The fourth-order valence-electron chi connectivity index (χ4n) is 4.89. The van der Waals surface area contributed by atoms with Crippen LogP contribution in [0.5, 0.6) is 17.2 Å². The zero-order valence-corrected chi connectivity index (χ0v) is 20.3. The van der Waals surface area contributed by atoms with Crippen LogP contribution in [0.25, 0.3) is 18.2 Å². The monoisotopic (exact) mass is 478 g/mol. The Balaban J connectivity index is 1.57. The van der Waals surface area contributed by atoms with Crippen molar-refractivity contribution in [3.63, 3.8) is 0 Å². The average Bonchev–Trinajstić information content (AvgIpc) is 3.69. The summed E-state index contributed by atoms with van der Waals surface area (Å²) < 4.78 is 17.0. The highest BCUT2D eigenvalue weighted by Gasteiger charge is 2.37. The van der Waals surface area contributed by atoms with Gasteiger partial charge < -0.3 is 24.2 Å². The highest BCUT2D eigenvalue weighted by molar-refractivity contribution is 6.20. The Hall–Kier alpha value is -4.52. The van der Waals surface area contributed by atoms with E-state index in [0.29, 0.717) is 23.7 Å². The fraction of sp³-hybridized carbons (Fsp3) is 0.172. The number of methoxy groups -OCH3 is 3. The number of aromatic amines is 2. The molecule has 3 aliphatic rings. The summed E-state index contributed by atoms with van der Waals surface area (Å²) >= 11 is 0. The van der Waals surface area contributed by atoms with E-state index >= 15 is 0 Å². The van der Waals surface area contributed by atoms with Gasteiger partial charge in [-0.25, -0.2) is 4.99 Å². The summed E-state index contributed by atoms with van der Waals surface area (Å²) in [6.07, 6.45) is 15.0. The van der Waals surface area contributed by atoms with Gasteiger partial charge in [0.2, 0.25) is 0 Å². The van der Waals surface area contributed by atoms with Gasteiger partial charge in [0.1, 0.15) is 11.3 Å². The Kier molecular flexibility index (Phi) is 5.25. The lowest BCUT2D eigenvalue weighted by atomic mass is 9.85. The lowest BCUT2D eigenvalue weighted by Gasteiger charge is -2.27. The first-order chi connectivity index (χ1) is 17.6. The predicted octanol–water partition coefficient (Wildman–Crippen LogP) is 3.44. The second kappa shape index (κ2) is 8.61. The minimum Gasteiger partial charge on any atom is -0.496 e. The van der Waals surface area contributed by atoms with E-state index in [1.165, 1.54) is 0 Å². The van der Waals surface area contributed by atoms with Crippen molar-refractivity contribution in [1.29, 1.82) is 0 Å². The number of allylic oxidation sites excluding steroid dienone is 3. The molecule has 180 valence electrons. The molecule has 6 rings (SSSR count). The molecule has 3 aliphatic heterocycles. The maximum Gasteiger partial charge on any atom is 0.164 e. The molecule has 0 radical (unpaired) electrons. The molecule has 0 aliphatic carbocycles. The second-order valence-corrected chi connectivity index (χ2v) is 8.91. The summed E-state index contributed by atoms with van der Waals surface area (Å²) in [7, 11) is 4.91. The molecule has 3 aromatic rings. The van der Waals surface area contributed by atoms with Gasteiger partial charge in [-0.1, -0.05) is 0 Å². The Bertz CT molecular complexity index is 1630. The number of benzene rings is 1. The number of nitrogens with one attached hydrogen (secondary N) is 2. The van der Waals surface area contributed by atoms with Crippen LogP contribution in [0, 0.1) is 0 Å². The van der Waals surface area contributed by atoms with Gasteiger partial charge >= 0.3 is 0 Å². The van der Waals surface area contributed by atoms with Gasteiger partial charge in [-0.2, -0.15) is 0 Å². The highest BCUT2D eigenvalue weighted by atomic mass is 16.5. The van der Waals surface area contributed by atoms with Crippen molar-refractivity contribution >= 4 is 29.7 Å². The summed E-state index contributed by atoms with van der Waals surface area (Å²) in [4.78, 5) is 16.9. The Labute approximate surface area is 208 Å². The number of nitrogens with zero attached hydrogens (tertiary/aromatic N) is 2. The highest BCUT2D eigenvalue weighted by Crippen LogP contribution is 2.45. The van der Waals surface area contributed by atoms with Crippen LogP contribution in [0.15, 0.2) is 76.4 Å². The molecule has 0 spiro atoms. The Morgan fingerprint density at radius 2 is 1.50 bits per heavy atom. The third-order valence-electron chi connectivity index (χ3n) is 6.58. The Morgan fingerprint density at radius 3 is 2.28 bits per heavy atom. The molecule has 2 aromatic heterocycles. The fourth-order valence-corrected chi connectivity index (χ4v) is 4.89. The first-order valence-corrected chi connectivity index (χ1v) is 11.7.